The topological polar surface area (TPSA) is 149 Å². The van der Waals surface area contributed by atoms with Crippen molar-refractivity contribution in [1.82, 2.24) is 0 Å². The van der Waals surface area contributed by atoms with Gasteiger partial charge in [0.25, 0.3) is 10.1 Å². The predicted molar refractivity (Wildman–Crippen MR) is 69.4 cm³/mol. The molecule has 0 rings (SSSR count). The SMILES string of the molecule is CCO.O=C(O)CC(C(=O)O)S(=O)(=O)O.[NaH].[NaH].[NaH]. The molecule has 0 amide bonds. The van der Waals surface area contributed by atoms with Gasteiger partial charge in [0.05, 0.1) is 6.42 Å². The van der Waals surface area contributed by atoms with Gasteiger partial charge in [-0.05, 0) is 6.92 Å². The van der Waals surface area contributed by atoms with Gasteiger partial charge >= 0.3 is 101 Å². The second-order valence-corrected chi connectivity index (χ2v) is 3.85. The molecule has 1 unspecified atom stereocenters. The van der Waals surface area contributed by atoms with Crippen LogP contribution in [0.25, 0.3) is 0 Å². The quantitative estimate of drug-likeness (QED) is 0.314. The third-order valence-electron chi connectivity index (χ3n) is 0.995. The summed E-state index contributed by atoms with van der Waals surface area (Å²) in [5, 5.41) is 21.5. The summed E-state index contributed by atoms with van der Waals surface area (Å²) < 4.78 is 28.7. The molecule has 8 nitrogen and oxygen atoms in total. The predicted octanol–water partition coefficient (Wildman–Crippen LogP) is -3.14. The first kappa shape index (κ1) is 32.0. The van der Waals surface area contributed by atoms with Crippen molar-refractivity contribution in [3.05, 3.63) is 0 Å². The Kier molecular flexibility index (Phi) is 29.9. The van der Waals surface area contributed by atoms with Crippen molar-refractivity contribution in [2.24, 2.45) is 0 Å². The molecule has 0 aliphatic heterocycles. The molecule has 0 aromatic rings. The minimum absolute atomic E-state index is 0. The van der Waals surface area contributed by atoms with Gasteiger partial charge in [-0.1, -0.05) is 0 Å². The summed E-state index contributed by atoms with van der Waals surface area (Å²) in [5.41, 5.74) is 0. The summed E-state index contributed by atoms with van der Waals surface area (Å²) in [6, 6.07) is 0. The van der Waals surface area contributed by atoms with Crippen molar-refractivity contribution in [2.45, 2.75) is 18.6 Å². The summed E-state index contributed by atoms with van der Waals surface area (Å²) in [7, 11) is -4.84. The molecule has 0 bridgehead atoms. The summed E-state index contributed by atoms with van der Waals surface area (Å²) in [4.78, 5) is 20.0. The Morgan fingerprint density at radius 2 is 1.39 bits per heavy atom. The third-order valence-corrected chi connectivity index (χ3v) is 2.08. The number of hydrogen-bond donors (Lipinski definition) is 4. The second-order valence-electron chi connectivity index (χ2n) is 2.26. The molecule has 12 heteroatoms. The number of aliphatic carboxylic acids is 2. The van der Waals surface area contributed by atoms with Crippen molar-refractivity contribution in [3.63, 3.8) is 0 Å². The van der Waals surface area contributed by atoms with Crippen LogP contribution in [0.4, 0.5) is 0 Å². The standard InChI is InChI=1S/C4H6O7S.C2H6O.3Na.3H/c5-3(6)1-2(4(7)8)12(9,10)11;1-2-3;;;;;;/h2H,1H2,(H,5,6)(H,7,8)(H,9,10,11);3H,2H2,1H3;;;;;;. The van der Waals surface area contributed by atoms with Gasteiger partial charge in [0.15, 0.2) is 5.25 Å². The fourth-order valence-electron chi connectivity index (χ4n) is 0.479. The van der Waals surface area contributed by atoms with Crippen LogP contribution in [0, 0.1) is 0 Å². The number of carboxylic acids is 2. The van der Waals surface area contributed by atoms with Crippen LogP contribution in [0.2, 0.25) is 0 Å². The average molecular weight is 316 g/mol. The monoisotopic (exact) mass is 316 g/mol. The third kappa shape index (κ3) is 20.1. The van der Waals surface area contributed by atoms with Crippen LogP contribution in [-0.2, 0) is 19.7 Å². The molecule has 0 saturated heterocycles. The van der Waals surface area contributed by atoms with E-state index in [9.17, 15) is 18.0 Å². The number of carbonyl (C=O) groups is 2. The molecule has 0 fully saturated rings. The average Bonchev–Trinajstić information content (AvgIpc) is 1.98. The van der Waals surface area contributed by atoms with Crippen LogP contribution in [0.15, 0.2) is 0 Å². The van der Waals surface area contributed by atoms with E-state index in [1.807, 2.05) is 0 Å². The van der Waals surface area contributed by atoms with E-state index >= 15 is 0 Å². The van der Waals surface area contributed by atoms with E-state index in [0.29, 0.717) is 0 Å². The summed E-state index contributed by atoms with van der Waals surface area (Å²) in [5.74, 6) is -3.50. The van der Waals surface area contributed by atoms with Crippen LogP contribution >= 0.6 is 0 Å². The van der Waals surface area contributed by atoms with Crippen LogP contribution in [0.1, 0.15) is 13.3 Å². The first-order valence-corrected chi connectivity index (χ1v) is 5.18. The fraction of sp³-hybridized carbons (Fsp3) is 0.667. The fourth-order valence-corrected chi connectivity index (χ4v) is 1.09. The minimum atomic E-state index is -4.84. The molecule has 1 atom stereocenters. The zero-order valence-electron chi connectivity index (χ0n) is 7.82. The summed E-state index contributed by atoms with van der Waals surface area (Å²) in [6.45, 7) is 1.93. The molecular formula is C6H15Na3O8S. The maximum absolute atomic E-state index is 10.2. The molecule has 0 aromatic heterocycles. The van der Waals surface area contributed by atoms with Gasteiger partial charge < -0.3 is 15.3 Å². The number of aliphatic hydroxyl groups excluding tert-OH is 1. The Hall–Kier alpha value is 1.81. The van der Waals surface area contributed by atoms with E-state index in [1.165, 1.54) is 0 Å². The van der Waals surface area contributed by atoms with Gasteiger partial charge in [-0.2, -0.15) is 8.42 Å². The number of aliphatic hydroxyl groups is 1. The molecule has 0 spiro atoms. The molecule has 96 valence electrons. The maximum atomic E-state index is 10.2. The van der Waals surface area contributed by atoms with E-state index < -0.39 is 33.7 Å². The van der Waals surface area contributed by atoms with Crippen molar-refractivity contribution in [3.8, 4) is 0 Å². The van der Waals surface area contributed by atoms with Crippen molar-refractivity contribution in [2.75, 3.05) is 6.61 Å². The Balaban J connectivity index is -0.0000000852. The van der Waals surface area contributed by atoms with Gasteiger partial charge in [0.1, 0.15) is 0 Å². The van der Waals surface area contributed by atoms with Gasteiger partial charge in [0.2, 0.25) is 0 Å². The van der Waals surface area contributed by atoms with Crippen molar-refractivity contribution in [1.29, 1.82) is 0 Å². The van der Waals surface area contributed by atoms with E-state index in [0.717, 1.165) is 0 Å². The van der Waals surface area contributed by atoms with Crippen molar-refractivity contribution >= 4 is 111 Å². The normalized spacial score (nSPS) is 10.2. The first-order chi connectivity index (χ1) is 6.66. The second kappa shape index (κ2) is 16.9. The van der Waals surface area contributed by atoms with Gasteiger partial charge in [0, 0.05) is 6.61 Å². The summed E-state index contributed by atoms with van der Waals surface area (Å²) >= 11 is 0. The molecule has 4 N–H and O–H groups in total. The van der Waals surface area contributed by atoms with Gasteiger partial charge in [-0.15, -0.1) is 0 Å². The molecule has 0 aliphatic rings. The molecular weight excluding hydrogens is 301 g/mol. The van der Waals surface area contributed by atoms with Gasteiger partial charge in [-0.3, -0.25) is 14.1 Å². The molecule has 0 radical (unpaired) electrons. The number of hydrogen-bond acceptors (Lipinski definition) is 5. The molecule has 0 aliphatic carbocycles. The van der Waals surface area contributed by atoms with Crippen LogP contribution in [0.3, 0.4) is 0 Å². The first-order valence-electron chi connectivity index (χ1n) is 3.68. The van der Waals surface area contributed by atoms with E-state index in [1.54, 1.807) is 6.92 Å². The van der Waals surface area contributed by atoms with Crippen molar-refractivity contribution < 1.29 is 37.9 Å². The van der Waals surface area contributed by atoms with E-state index in [2.05, 4.69) is 0 Å². The molecule has 0 heterocycles. The number of rotatable bonds is 4. The van der Waals surface area contributed by atoms with Crippen LogP contribution in [0.5, 0.6) is 0 Å². The Bertz CT molecular complexity index is 317. The number of carboxylic acid groups (broad SMARTS) is 2. The summed E-state index contributed by atoms with van der Waals surface area (Å²) in [6.07, 6.45) is -1.16. The van der Waals surface area contributed by atoms with E-state index in [4.69, 9.17) is 19.9 Å². The zero-order valence-corrected chi connectivity index (χ0v) is 8.64. The van der Waals surface area contributed by atoms with Crippen LogP contribution in [-0.4, -0.2) is 141 Å². The Morgan fingerprint density at radius 3 is 1.44 bits per heavy atom. The molecule has 0 aromatic carbocycles. The van der Waals surface area contributed by atoms with E-state index in [-0.39, 0.29) is 95.3 Å². The zero-order chi connectivity index (χ0) is 12.6. The molecule has 0 saturated carbocycles. The molecule has 18 heavy (non-hydrogen) atoms. The Morgan fingerprint density at radius 1 is 1.11 bits per heavy atom. The Labute approximate surface area is 171 Å². The van der Waals surface area contributed by atoms with Crippen LogP contribution < -0.4 is 0 Å². The van der Waals surface area contributed by atoms with Gasteiger partial charge in [-0.25, -0.2) is 0 Å².